The second-order valence-electron chi connectivity index (χ2n) is 4.72. The van der Waals surface area contributed by atoms with Gasteiger partial charge in [-0.2, -0.15) is 5.26 Å². The SMILES string of the molecule is CCC(C#N)CN(C)c1cc(C)c(OC)cc1C. The predicted molar refractivity (Wildman–Crippen MR) is 75.1 cm³/mol. The van der Waals surface area contributed by atoms with Crippen LogP contribution in [0.3, 0.4) is 0 Å². The summed E-state index contributed by atoms with van der Waals surface area (Å²) in [5.74, 6) is 0.994. The van der Waals surface area contributed by atoms with Crippen LogP contribution >= 0.6 is 0 Å². The van der Waals surface area contributed by atoms with E-state index in [4.69, 9.17) is 10.00 Å². The number of methoxy groups -OCH3 is 1. The van der Waals surface area contributed by atoms with Gasteiger partial charge in [-0.15, -0.1) is 0 Å². The van der Waals surface area contributed by atoms with Gasteiger partial charge in [0.25, 0.3) is 0 Å². The summed E-state index contributed by atoms with van der Waals surface area (Å²) in [5, 5.41) is 9.03. The minimum absolute atomic E-state index is 0.0804. The summed E-state index contributed by atoms with van der Waals surface area (Å²) >= 11 is 0. The number of ether oxygens (including phenoxy) is 1. The molecule has 3 nitrogen and oxygen atoms in total. The summed E-state index contributed by atoms with van der Waals surface area (Å²) in [6, 6.07) is 6.52. The summed E-state index contributed by atoms with van der Waals surface area (Å²) in [6.45, 7) is 6.92. The number of anilines is 1. The zero-order chi connectivity index (χ0) is 13.7. The Morgan fingerprint density at radius 2 is 2.00 bits per heavy atom. The van der Waals surface area contributed by atoms with Gasteiger partial charge in [-0.3, -0.25) is 0 Å². The monoisotopic (exact) mass is 246 g/mol. The molecule has 0 fully saturated rings. The minimum atomic E-state index is 0.0804. The van der Waals surface area contributed by atoms with E-state index in [1.807, 2.05) is 20.9 Å². The van der Waals surface area contributed by atoms with Gasteiger partial charge in [0, 0.05) is 19.3 Å². The van der Waals surface area contributed by atoms with Crippen LogP contribution in [-0.4, -0.2) is 20.7 Å². The Kier molecular flexibility index (Phi) is 5.03. The molecule has 0 bridgehead atoms. The van der Waals surface area contributed by atoms with Crippen LogP contribution in [0, 0.1) is 31.1 Å². The number of rotatable bonds is 5. The Balaban J connectivity index is 2.96. The molecule has 3 heteroatoms. The molecule has 1 aromatic carbocycles. The van der Waals surface area contributed by atoms with Crippen LogP contribution < -0.4 is 9.64 Å². The largest absolute Gasteiger partial charge is 0.496 e. The van der Waals surface area contributed by atoms with Crippen molar-refractivity contribution < 1.29 is 4.74 Å². The zero-order valence-electron chi connectivity index (χ0n) is 11.9. The molecule has 0 spiro atoms. The van der Waals surface area contributed by atoms with Gasteiger partial charge < -0.3 is 9.64 Å². The minimum Gasteiger partial charge on any atom is -0.496 e. The van der Waals surface area contributed by atoms with Crippen molar-refractivity contribution in [2.45, 2.75) is 27.2 Å². The summed E-state index contributed by atoms with van der Waals surface area (Å²) in [4.78, 5) is 2.15. The van der Waals surface area contributed by atoms with Crippen LogP contribution in [0.25, 0.3) is 0 Å². The lowest BCUT2D eigenvalue weighted by Gasteiger charge is -2.24. The first kappa shape index (κ1) is 14.4. The van der Waals surface area contributed by atoms with Crippen molar-refractivity contribution in [2.24, 2.45) is 5.92 Å². The number of nitriles is 1. The number of nitrogens with zero attached hydrogens (tertiary/aromatic N) is 2. The molecule has 98 valence electrons. The molecule has 0 radical (unpaired) electrons. The molecule has 1 atom stereocenters. The van der Waals surface area contributed by atoms with Crippen LogP contribution in [0.15, 0.2) is 12.1 Å². The van der Waals surface area contributed by atoms with Gasteiger partial charge in [0.1, 0.15) is 5.75 Å². The molecule has 1 unspecified atom stereocenters. The Morgan fingerprint density at radius 3 is 2.50 bits per heavy atom. The van der Waals surface area contributed by atoms with Crippen molar-refractivity contribution in [3.8, 4) is 11.8 Å². The second kappa shape index (κ2) is 6.30. The van der Waals surface area contributed by atoms with Crippen molar-refractivity contribution in [1.82, 2.24) is 0 Å². The van der Waals surface area contributed by atoms with E-state index in [0.717, 1.165) is 24.3 Å². The van der Waals surface area contributed by atoms with Crippen molar-refractivity contribution >= 4 is 5.69 Å². The molecule has 18 heavy (non-hydrogen) atoms. The Bertz CT molecular complexity index is 449. The normalized spacial score (nSPS) is 11.8. The van der Waals surface area contributed by atoms with Gasteiger partial charge in [-0.05, 0) is 43.5 Å². The van der Waals surface area contributed by atoms with Crippen LogP contribution in [-0.2, 0) is 0 Å². The van der Waals surface area contributed by atoms with Crippen LogP contribution in [0.1, 0.15) is 24.5 Å². The van der Waals surface area contributed by atoms with E-state index in [-0.39, 0.29) is 5.92 Å². The highest BCUT2D eigenvalue weighted by Gasteiger charge is 2.12. The van der Waals surface area contributed by atoms with E-state index in [2.05, 4.69) is 30.0 Å². The van der Waals surface area contributed by atoms with Gasteiger partial charge in [-0.1, -0.05) is 6.92 Å². The van der Waals surface area contributed by atoms with E-state index >= 15 is 0 Å². The highest BCUT2D eigenvalue weighted by molar-refractivity contribution is 5.58. The number of hydrogen-bond acceptors (Lipinski definition) is 3. The summed E-state index contributed by atoms with van der Waals surface area (Å²) in [6.07, 6.45) is 0.884. The number of benzene rings is 1. The Labute approximate surface area is 110 Å². The molecule has 0 heterocycles. The molecule has 0 aromatic heterocycles. The Morgan fingerprint density at radius 1 is 1.33 bits per heavy atom. The molecule has 1 rings (SSSR count). The van der Waals surface area contributed by atoms with Gasteiger partial charge >= 0.3 is 0 Å². The van der Waals surface area contributed by atoms with Crippen LogP contribution in [0.4, 0.5) is 5.69 Å². The quantitative estimate of drug-likeness (QED) is 0.799. The van der Waals surface area contributed by atoms with Crippen molar-refractivity contribution in [3.05, 3.63) is 23.3 Å². The van der Waals surface area contributed by atoms with Crippen molar-refractivity contribution in [1.29, 1.82) is 5.26 Å². The first-order valence-electron chi connectivity index (χ1n) is 6.29. The first-order chi connectivity index (χ1) is 8.53. The number of hydrogen-bond donors (Lipinski definition) is 0. The lowest BCUT2D eigenvalue weighted by atomic mass is 10.1. The summed E-state index contributed by atoms with van der Waals surface area (Å²) in [5.41, 5.74) is 3.46. The highest BCUT2D eigenvalue weighted by atomic mass is 16.5. The molecule has 0 saturated carbocycles. The molecule has 0 aliphatic carbocycles. The fraction of sp³-hybridized carbons (Fsp3) is 0.533. The molecule has 0 amide bonds. The smallest absolute Gasteiger partial charge is 0.122 e. The van der Waals surface area contributed by atoms with E-state index < -0.39 is 0 Å². The van der Waals surface area contributed by atoms with E-state index in [1.165, 1.54) is 11.3 Å². The third-order valence-corrected chi connectivity index (χ3v) is 3.29. The van der Waals surface area contributed by atoms with E-state index in [9.17, 15) is 0 Å². The fourth-order valence-corrected chi connectivity index (χ4v) is 2.10. The second-order valence-corrected chi connectivity index (χ2v) is 4.72. The van der Waals surface area contributed by atoms with Crippen LogP contribution in [0.2, 0.25) is 0 Å². The van der Waals surface area contributed by atoms with E-state index in [1.54, 1.807) is 7.11 Å². The Hall–Kier alpha value is -1.69. The van der Waals surface area contributed by atoms with E-state index in [0.29, 0.717) is 0 Å². The first-order valence-corrected chi connectivity index (χ1v) is 6.29. The standard InChI is InChI=1S/C15H22N2O/c1-6-13(9-16)10-17(4)14-7-12(3)15(18-5)8-11(14)2/h7-8,13H,6,10H2,1-5H3. The summed E-state index contributed by atoms with van der Waals surface area (Å²) in [7, 11) is 3.72. The average Bonchev–Trinajstić information content (AvgIpc) is 2.37. The topological polar surface area (TPSA) is 36.3 Å². The molecule has 0 N–H and O–H groups in total. The van der Waals surface area contributed by atoms with Crippen molar-refractivity contribution in [2.75, 3.05) is 25.6 Å². The third-order valence-electron chi connectivity index (χ3n) is 3.29. The van der Waals surface area contributed by atoms with Gasteiger partial charge in [0.2, 0.25) is 0 Å². The maximum Gasteiger partial charge on any atom is 0.122 e. The maximum atomic E-state index is 9.03. The molecule has 1 aromatic rings. The lowest BCUT2D eigenvalue weighted by Crippen LogP contribution is -2.25. The number of aryl methyl sites for hydroxylation is 2. The zero-order valence-corrected chi connectivity index (χ0v) is 11.9. The third kappa shape index (κ3) is 3.16. The van der Waals surface area contributed by atoms with Gasteiger partial charge in [0.05, 0.1) is 19.1 Å². The average molecular weight is 246 g/mol. The molecule has 0 aliphatic heterocycles. The molecule has 0 saturated heterocycles. The van der Waals surface area contributed by atoms with Crippen molar-refractivity contribution in [3.63, 3.8) is 0 Å². The molecule has 0 aliphatic rings. The molecular weight excluding hydrogens is 224 g/mol. The summed E-state index contributed by atoms with van der Waals surface area (Å²) < 4.78 is 5.31. The van der Waals surface area contributed by atoms with Crippen LogP contribution in [0.5, 0.6) is 5.75 Å². The van der Waals surface area contributed by atoms with Gasteiger partial charge in [-0.25, -0.2) is 0 Å². The highest BCUT2D eigenvalue weighted by Crippen LogP contribution is 2.28. The predicted octanol–water partition coefficient (Wildman–Crippen LogP) is 3.30. The fourth-order valence-electron chi connectivity index (χ4n) is 2.10. The lowest BCUT2D eigenvalue weighted by molar-refractivity contribution is 0.411. The maximum absolute atomic E-state index is 9.03. The van der Waals surface area contributed by atoms with Gasteiger partial charge in [0.15, 0.2) is 0 Å². The molecular formula is C15H22N2O.